The zero-order chi connectivity index (χ0) is 18.8. The fourth-order valence-electron chi connectivity index (χ4n) is 2.27. The van der Waals surface area contributed by atoms with Gasteiger partial charge < -0.3 is 4.74 Å². The first-order valence-corrected chi connectivity index (χ1v) is 9.63. The average Bonchev–Trinajstić information content (AvgIpc) is 2.67. The van der Waals surface area contributed by atoms with Crippen LogP contribution in [0.25, 0.3) is 0 Å². The Morgan fingerprint density at radius 2 is 1.62 bits per heavy atom. The lowest BCUT2D eigenvalue weighted by atomic mass is 10.0. The lowest BCUT2D eigenvalue weighted by Gasteiger charge is -2.07. The predicted molar refractivity (Wildman–Crippen MR) is 106 cm³/mol. The molecule has 0 unspecified atom stereocenters. The van der Waals surface area contributed by atoms with Crippen molar-refractivity contribution in [3.63, 3.8) is 0 Å². The number of rotatable bonds is 10. The van der Waals surface area contributed by atoms with E-state index in [2.05, 4.69) is 6.58 Å². The average molecular weight is 368 g/mol. The molecule has 0 bridgehead atoms. The first-order chi connectivity index (χ1) is 12.6. The van der Waals surface area contributed by atoms with Gasteiger partial charge in [-0.3, -0.25) is 9.59 Å². The number of ether oxygens (including phenoxy) is 1. The molecule has 0 atom stereocenters. The van der Waals surface area contributed by atoms with Crippen LogP contribution in [-0.4, -0.2) is 18.4 Å². The Balaban J connectivity index is 1.84. The number of benzene rings is 2. The Labute approximate surface area is 159 Å². The van der Waals surface area contributed by atoms with Crippen LogP contribution in [0.5, 0.6) is 0 Å². The molecule has 0 aromatic heterocycles. The molecule has 0 aliphatic heterocycles. The van der Waals surface area contributed by atoms with Gasteiger partial charge in [0.05, 0.1) is 6.61 Å². The van der Waals surface area contributed by atoms with Gasteiger partial charge in [0.2, 0.25) is 0 Å². The van der Waals surface area contributed by atoms with E-state index in [1.165, 1.54) is 0 Å². The molecule has 2 aromatic rings. The highest BCUT2D eigenvalue weighted by Crippen LogP contribution is 2.27. The van der Waals surface area contributed by atoms with Crippen molar-refractivity contribution >= 4 is 23.5 Å². The lowest BCUT2D eigenvalue weighted by Crippen LogP contribution is -2.08. The summed E-state index contributed by atoms with van der Waals surface area (Å²) in [5.41, 5.74) is 1.02. The minimum absolute atomic E-state index is 0.123. The maximum Gasteiger partial charge on any atom is 0.306 e. The maximum atomic E-state index is 12.4. The van der Waals surface area contributed by atoms with Crippen molar-refractivity contribution in [3.05, 3.63) is 72.3 Å². The molecular weight excluding hydrogens is 344 g/mol. The van der Waals surface area contributed by atoms with Crippen LogP contribution in [0.4, 0.5) is 0 Å². The van der Waals surface area contributed by atoms with Crippen molar-refractivity contribution in [2.24, 2.45) is 0 Å². The number of hydrogen-bond acceptors (Lipinski definition) is 4. The Bertz CT molecular complexity index is 736. The summed E-state index contributed by atoms with van der Waals surface area (Å²) in [5, 5.41) is 0. The molecule has 3 nitrogen and oxygen atoms in total. The summed E-state index contributed by atoms with van der Waals surface area (Å²) in [5.74, 6) is -0.398. The van der Waals surface area contributed by atoms with Gasteiger partial charge in [0.25, 0.3) is 0 Å². The molecule has 2 aromatic carbocycles. The van der Waals surface area contributed by atoms with Crippen LogP contribution < -0.4 is 0 Å². The highest BCUT2D eigenvalue weighted by atomic mass is 32.2. The fraction of sp³-hybridized carbons (Fsp3) is 0.273. The molecule has 0 amide bonds. The van der Waals surface area contributed by atoms with Crippen molar-refractivity contribution in [1.29, 1.82) is 0 Å². The van der Waals surface area contributed by atoms with Gasteiger partial charge in [0.1, 0.15) is 0 Å². The standard InChI is InChI=1S/C22H24O3S/c1-3-4-16-25-21(23)15-10-17(2)22(24)18-11-13-20(14-12-18)26-19-8-6-5-7-9-19/h5-9,11-14H,2-4,10,15-16H2,1H3. The Kier molecular flexibility index (Phi) is 8.16. The van der Waals surface area contributed by atoms with Gasteiger partial charge in [0, 0.05) is 21.8 Å². The second kappa shape index (κ2) is 10.6. The number of unbranched alkanes of at least 4 members (excludes halogenated alkanes) is 1. The molecule has 0 aliphatic carbocycles. The Morgan fingerprint density at radius 3 is 2.27 bits per heavy atom. The van der Waals surface area contributed by atoms with Crippen molar-refractivity contribution in [3.8, 4) is 0 Å². The van der Waals surface area contributed by atoms with Crippen LogP contribution in [0.3, 0.4) is 0 Å². The van der Waals surface area contributed by atoms with Crippen LogP contribution >= 0.6 is 11.8 Å². The number of allylic oxidation sites excluding steroid dienone is 1. The van der Waals surface area contributed by atoms with Gasteiger partial charge in [-0.05, 0) is 54.8 Å². The summed E-state index contributed by atoms with van der Waals surface area (Å²) < 4.78 is 5.10. The van der Waals surface area contributed by atoms with Gasteiger partial charge in [-0.15, -0.1) is 0 Å². The molecular formula is C22H24O3S. The van der Waals surface area contributed by atoms with Crippen molar-refractivity contribution in [1.82, 2.24) is 0 Å². The second-order valence-electron chi connectivity index (χ2n) is 5.95. The van der Waals surface area contributed by atoms with Gasteiger partial charge in [-0.25, -0.2) is 0 Å². The molecule has 0 aliphatic rings. The van der Waals surface area contributed by atoms with Gasteiger partial charge in [0.15, 0.2) is 5.78 Å². The summed E-state index contributed by atoms with van der Waals surface area (Å²) in [4.78, 5) is 26.3. The van der Waals surface area contributed by atoms with Gasteiger partial charge >= 0.3 is 5.97 Å². The van der Waals surface area contributed by atoms with Crippen molar-refractivity contribution in [2.75, 3.05) is 6.61 Å². The molecule has 26 heavy (non-hydrogen) atoms. The van der Waals surface area contributed by atoms with E-state index in [1.54, 1.807) is 23.9 Å². The first kappa shape index (κ1) is 20.0. The molecule has 0 saturated heterocycles. The third kappa shape index (κ3) is 6.52. The van der Waals surface area contributed by atoms with Crippen molar-refractivity contribution in [2.45, 2.75) is 42.4 Å². The zero-order valence-corrected chi connectivity index (χ0v) is 15.9. The second-order valence-corrected chi connectivity index (χ2v) is 7.09. The summed E-state index contributed by atoms with van der Waals surface area (Å²) >= 11 is 1.65. The summed E-state index contributed by atoms with van der Waals surface area (Å²) in [6.07, 6.45) is 2.36. The smallest absolute Gasteiger partial charge is 0.306 e. The zero-order valence-electron chi connectivity index (χ0n) is 15.1. The number of hydrogen-bond donors (Lipinski definition) is 0. The largest absolute Gasteiger partial charge is 0.466 e. The molecule has 0 fully saturated rings. The molecule has 0 heterocycles. The first-order valence-electron chi connectivity index (χ1n) is 8.81. The van der Waals surface area contributed by atoms with E-state index in [4.69, 9.17) is 4.74 Å². The Morgan fingerprint density at radius 1 is 0.962 bits per heavy atom. The fourth-order valence-corrected chi connectivity index (χ4v) is 3.11. The third-order valence-corrected chi connectivity index (χ3v) is 4.82. The third-order valence-electron chi connectivity index (χ3n) is 3.81. The predicted octanol–water partition coefficient (Wildman–Crippen LogP) is 5.70. The van der Waals surface area contributed by atoms with Gasteiger partial charge in [-0.2, -0.15) is 0 Å². The molecule has 0 saturated carbocycles. The minimum Gasteiger partial charge on any atom is -0.466 e. The van der Waals surface area contributed by atoms with Crippen LogP contribution in [0.15, 0.2) is 76.5 Å². The van der Waals surface area contributed by atoms with Crippen LogP contribution in [0.2, 0.25) is 0 Å². The van der Waals surface area contributed by atoms with E-state index in [9.17, 15) is 9.59 Å². The number of ketones is 1. The highest BCUT2D eigenvalue weighted by Gasteiger charge is 2.13. The number of Topliss-reactive ketones (excluding diaryl/α,β-unsaturated/α-hetero) is 1. The molecule has 0 spiro atoms. The summed E-state index contributed by atoms with van der Waals surface area (Å²) in [7, 11) is 0. The molecule has 0 N–H and O–H groups in total. The van der Waals surface area contributed by atoms with E-state index < -0.39 is 0 Å². The number of carbonyl (C=O) groups is 2. The number of esters is 1. The highest BCUT2D eigenvalue weighted by molar-refractivity contribution is 7.99. The van der Waals surface area contributed by atoms with Crippen LogP contribution in [-0.2, 0) is 9.53 Å². The summed E-state index contributed by atoms with van der Waals surface area (Å²) in [6, 6.07) is 17.5. The monoisotopic (exact) mass is 368 g/mol. The van der Waals surface area contributed by atoms with Crippen molar-refractivity contribution < 1.29 is 14.3 Å². The van der Waals surface area contributed by atoms with E-state index in [-0.39, 0.29) is 18.2 Å². The minimum atomic E-state index is -0.276. The quantitative estimate of drug-likeness (QED) is 0.233. The number of carbonyl (C=O) groups excluding carboxylic acids is 2. The summed E-state index contributed by atoms with van der Waals surface area (Å²) in [6.45, 7) is 6.31. The molecule has 4 heteroatoms. The maximum absolute atomic E-state index is 12.4. The SMILES string of the molecule is C=C(CCC(=O)OCCCC)C(=O)c1ccc(Sc2ccccc2)cc1. The van der Waals surface area contributed by atoms with E-state index in [0.717, 1.165) is 22.6 Å². The van der Waals surface area contributed by atoms with Crippen LogP contribution in [0.1, 0.15) is 43.0 Å². The molecule has 2 rings (SSSR count). The van der Waals surface area contributed by atoms with E-state index in [0.29, 0.717) is 24.2 Å². The van der Waals surface area contributed by atoms with E-state index >= 15 is 0 Å². The lowest BCUT2D eigenvalue weighted by molar-refractivity contribution is -0.143. The van der Waals surface area contributed by atoms with Gasteiger partial charge in [-0.1, -0.05) is 49.9 Å². The van der Waals surface area contributed by atoms with Crippen LogP contribution in [0, 0.1) is 0 Å². The Hall–Kier alpha value is -2.33. The molecule has 0 radical (unpaired) electrons. The topological polar surface area (TPSA) is 43.4 Å². The normalized spacial score (nSPS) is 10.3. The molecule has 136 valence electrons. The van der Waals surface area contributed by atoms with E-state index in [1.807, 2.05) is 49.4 Å².